The first kappa shape index (κ1) is 44.1. The summed E-state index contributed by atoms with van der Waals surface area (Å²) >= 11 is 0. The first-order valence-corrected chi connectivity index (χ1v) is 20.1. The fourth-order valence-corrected chi connectivity index (χ4v) is 7.72. The number of carbonyl (C=O) groups is 8. The summed E-state index contributed by atoms with van der Waals surface area (Å²) < 4.78 is 10.8. The van der Waals surface area contributed by atoms with Crippen LogP contribution >= 0.6 is 0 Å². The van der Waals surface area contributed by atoms with Crippen molar-refractivity contribution in [3.63, 3.8) is 0 Å². The minimum atomic E-state index is -1.56. The highest BCUT2D eigenvalue weighted by Gasteiger charge is 2.45. The van der Waals surface area contributed by atoms with Gasteiger partial charge in [0.15, 0.2) is 6.04 Å². The van der Waals surface area contributed by atoms with Gasteiger partial charge in [0.25, 0.3) is 0 Å². The lowest BCUT2D eigenvalue weighted by Crippen LogP contribution is -2.61. The maximum atomic E-state index is 14.9. The molecule has 0 bridgehead atoms. The van der Waals surface area contributed by atoms with Crippen LogP contribution in [-0.4, -0.2) is 139 Å². The molecule has 3 saturated heterocycles. The van der Waals surface area contributed by atoms with Gasteiger partial charge in [-0.1, -0.05) is 49.4 Å². The van der Waals surface area contributed by atoms with E-state index in [0.29, 0.717) is 18.4 Å². The van der Waals surface area contributed by atoms with Crippen LogP contribution in [-0.2, 0) is 49.5 Å². The molecule has 6 amide bonds. The molecule has 3 aliphatic heterocycles. The molecule has 2 aromatic rings. The predicted molar refractivity (Wildman–Crippen MR) is 215 cm³/mol. The number of carbonyl (C=O) groups excluding carboxylic acids is 8. The number of anilines is 1. The van der Waals surface area contributed by atoms with Gasteiger partial charge in [0.1, 0.15) is 42.1 Å². The molecule has 0 radical (unpaired) electrons. The van der Waals surface area contributed by atoms with E-state index in [2.05, 4.69) is 16.0 Å². The van der Waals surface area contributed by atoms with Crippen LogP contribution in [0.25, 0.3) is 0 Å². The molecule has 2 aromatic carbocycles. The third-order valence-electron chi connectivity index (χ3n) is 11.1. The van der Waals surface area contributed by atoms with Crippen LogP contribution in [0.15, 0.2) is 54.6 Å². The second kappa shape index (κ2) is 19.6. The standard InChI is InChI=1S/C42H55N7O10/c1-7-30-38(53)48-21-12-15-31(48)39(54)47(6)33(23-26-16-18-28(19-17-26)46(4)5)40(55)49-22-20-29(50)24-32(49)36(51)44-35(27-13-10-9-11-14-27)41(56)59-25(3)34(37(52)43-30)45-42(57)58-8-2/h9-11,13-14,16-19,25,30-35H,7-8,12,15,20-24H2,1-6H3,(H,43,52)(H,44,51)(H,45,57)/t25-,30-,31+,32+,33+,34+,35+/m1/s1. The van der Waals surface area contributed by atoms with Crippen molar-refractivity contribution >= 4 is 53.1 Å². The van der Waals surface area contributed by atoms with Crippen molar-refractivity contribution in [3.8, 4) is 0 Å². The summed E-state index contributed by atoms with van der Waals surface area (Å²) in [6.07, 6.45) is -1.80. The zero-order chi connectivity index (χ0) is 43.0. The molecular weight excluding hydrogens is 763 g/mol. The van der Waals surface area contributed by atoms with Crippen LogP contribution in [0.5, 0.6) is 0 Å². The van der Waals surface area contributed by atoms with Gasteiger partial charge in [-0.2, -0.15) is 0 Å². The van der Waals surface area contributed by atoms with E-state index < -0.39 is 84.0 Å². The highest BCUT2D eigenvalue weighted by Crippen LogP contribution is 2.27. The van der Waals surface area contributed by atoms with Crippen molar-refractivity contribution in [2.75, 3.05) is 45.7 Å². The number of hydrogen-bond acceptors (Lipinski definition) is 11. The molecule has 17 nitrogen and oxygen atoms in total. The van der Waals surface area contributed by atoms with Crippen molar-refractivity contribution < 1.29 is 47.8 Å². The second-order valence-electron chi connectivity index (χ2n) is 15.3. The van der Waals surface area contributed by atoms with Crippen molar-refractivity contribution in [2.24, 2.45) is 0 Å². The number of nitrogens with one attached hydrogen (secondary N) is 3. The van der Waals surface area contributed by atoms with Gasteiger partial charge in [-0.3, -0.25) is 28.8 Å². The molecule has 7 atom stereocenters. The number of amides is 6. The number of rotatable bonds is 7. The lowest BCUT2D eigenvalue weighted by atomic mass is 9.95. The average Bonchev–Trinajstić information content (AvgIpc) is 3.72. The zero-order valence-corrected chi connectivity index (χ0v) is 34.5. The van der Waals surface area contributed by atoms with Crippen LogP contribution in [0.1, 0.15) is 70.0 Å². The molecule has 318 valence electrons. The minimum absolute atomic E-state index is 0.0295. The Morgan fingerprint density at radius 2 is 1.54 bits per heavy atom. The maximum absolute atomic E-state index is 14.9. The number of benzene rings is 2. The zero-order valence-electron chi connectivity index (χ0n) is 34.5. The number of fused-ring (bicyclic) bond motifs is 2. The van der Waals surface area contributed by atoms with Crippen molar-refractivity contribution in [1.29, 1.82) is 0 Å². The summed E-state index contributed by atoms with van der Waals surface area (Å²) in [5, 5.41) is 7.79. The molecule has 3 N–H and O–H groups in total. The lowest BCUT2D eigenvalue weighted by molar-refractivity contribution is -0.157. The fourth-order valence-electron chi connectivity index (χ4n) is 7.72. The Morgan fingerprint density at radius 3 is 2.19 bits per heavy atom. The van der Waals surface area contributed by atoms with Crippen molar-refractivity contribution in [1.82, 2.24) is 30.7 Å². The predicted octanol–water partition coefficient (Wildman–Crippen LogP) is 1.49. The maximum Gasteiger partial charge on any atom is 0.407 e. The number of likely N-dealkylation sites (N-methyl/N-ethyl adjacent to an activating group) is 1. The Bertz CT molecular complexity index is 1890. The van der Waals surface area contributed by atoms with E-state index in [1.165, 1.54) is 28.7 Å². The van der Waals surface area contributed by atoms with E-state index in [9.17, 15) is 38.4 Å². The van der Waals surface area contributed by atoms with Gasteiger partial charge in [0, 0.05) is 59.2 Å². The summed E-state index contributed by atoms with van der Waals surface area (Å²) in [7, 11) is 5.28. The van der Waals surface area contributed by atoms with Gasteiger partial charge in [0.05, 0.1) is 6.61 Å². The highest BCUT2D eigenvalue weighted by atomic mass is 16.6. The quantitative estimate of drug-likeness (QED) is 0.342. The van der Waals surface area contributed by atoms with Crippen LogP contribution in [0, 0.1) is 0 Å². The Hall–Kier alpha value is -6.00. The number of ether oxygens (including phenoxy) is 2. The summed E-state index contributed by atoms with van der Waals surface area (Å²) in [6, 6.07) is 7.90. The average molecular weight is 818 g/mol. The van der Waals surface area contributed by atoms with Crippen molar-refractivity contribution in [3.05, 3.63) is 65.7 Å². The molecule has 0 spiro atoms. The van der Waals surface area contributed by atoms with Crippen LogP contribution < -0.4 is 20.9 Å². The molecule has 17 heteroatoms. The Kier molecular flexibility index (Phi) is 14.7. The summed E-state index contributed by atoms with van der Waals surface area (Å²) in [5.74, 6) is -4.60. The summed E-state index contributed by atoms with van der Waals surface area (Å²) in [4.78, 5) is 118. The van der Waals surface area contributed by atoms with E-state index in [1.807, 2.05) is 43.3 Å². The third kappa shape index (κ3) is 10.4. The van der Waals surface area contributed by atoms with Gasteiger partial charge in [-0.25, -0.2) is 9.59 Å². The Morgan fingerprint density at radius 1 is 0.864 bits per heavy atom. The van der Waals surface area contributed by atoms with Gasteiger partial charge in [-0.15, -0.1) is 0 Å². The monoisotopic (exact) mass is 817 g/mol. The van der Waals surface area contributed by atoms with E-state index in [-0.39, 0.29) is 51.2 Å². The van der Waals surface area contributed by atoms with Gasteiger partial charge >= 0.3 is 12.1 Å². The second-order valence-corrected chi connectivity index (χ2v) is 15.3. The summed E-state index contributed by atoms with van der Waals surface area (Å²) in [6.45, 7) is 4.67. The minimum Gasteiger partial charge on any atom is -0.458 e. The molecule has 59 heavy (non-hydrogen) atoms. The van der Waals surface area contributed by atoms with Gasteiger partial charge in [0.2, 0.25) is 29.5 Å². The van der Waals surface area contributed by atoms with E-state index >= 15 is 0 Å². The number of alkyl carbamates (subject to hydrolysis) is 1. The first-order chi connectivity index (χ1) is 28.1. The van der Waals surface area contributed by atoms with Crippen LogP contribution in [0.3, 0.4) is 0 Å². The van der Waals surface area contributed by atoms with Crippen molar-refractivity contribution in [2.45, 2.75) is 102 Å². The fraction of sp³-hybridized carbons (Fsp3) is 0.524. The highest BCUT2D eigenvalue weighted by molar-refractivity contribution is 5.99. The number of nitrogens with zero attached hydrogens (tertiary/aromatic N) is 4. The molecule has 5 rings (SSSR count). The number of esters is 1. The number of Topliss-reactive ketones (excluding diaryl/α,β-unsaturated/α-hetero) is 1. The smallest absolute Gasteiger partial charge is 0.407 e. The first-order valence-electron chi connectivity index (χ1n) is 20.1. The number of cyclic esters (lactones) is 1. The Labute approximate surface area is 344 Å². The molecule has 0 aromatic heterocycles. The van der Waals surface area contributed by atoms with Crippen LogP contribution in [0.2, 0.25) is 0 Å². The number of hydrogen-bond donors (Lipinski definition) is 3. The molecular formula is C42H55N7O10. The Balaban J connectivity index is 1.61. The normalized spacial score (nSPS) is 26.4. The number of ketones is 1. The van der Waals surface area contributed by atoms with E-state index in [0.717, 1.165) is 11.3 Å². The molecule has 3 heterocycles. The van der Waals surface area contributed by atoms with E-state index in [1.54, 1.807) is 44.2 Å². The van der Waals surface area contributed by atoms with Gasteiger partial charge < -0.3 is 45.0 Å². The van der Waals surface area contributed by atoms with E-state index in [4.69, 9.17) is 9.47 Å². The summed E-state index contributed by atoms with van der Waals surface area (Å²) in [5.41, 5.74) is 1.93. The molecule has 3 aliphatic rings. The largest absolute Gasteiger partial charge is 0.458 e. The molecule has 0 aliphatic carbocycles. The lowest BCUT2D eigenvalue weighted by Gasteiger charge is -2.40. The molecule has 0 saturated carbocycles. The topological polar surface area (TPSA) is 204 Å². The SMILES string of the molecule is CCOC(=O)N[C@@H]1C(=O)N[C@H](CC)C(=O)N2CCC[C@H]2C(=O)N(C)[C@@H](Cc2ccc(N(C)C)cc2)C(=O)N2CCC(=O)C[C@H]2C(=O)N[C@@H](c2ccccc2)C(=O)O[C@@H]1C. The number of piperidine rings is 1. The molecule has 0 unspecified atom stereocenters. The third-order valence-corrected chi connectivity index (χ3v) is 11.1. The van der Waals surface area contributed by atoms with Gasteiger partial charge in [-0.05, 0) is 56.4 Å². The van der Waals surface area contributed by atoms with Crippen LogP contribution in [0.4, 0.5) is 10.5 Å². The molecule has 3 fully saturated rings.